The number of fused-ring (bicyclic) bond motifs is 1. The molecule has 2 N–H and O–H groups in total. The number of aromatic nitrogens is 1. The van der Waals surface area contributed by atoms with Crippen molar-refractivity contribution in [2.45, 2.75) is 6.92 Å². The Morgan fingerprint density at radius 3 is 2.73 bits per heavy atom. The molecule has 3 rings (SSSR count). The smallest absolute Gasteiger partial charge is 0.257 e. The van der Waals surface area contributed by atoms with E-state index in [1.807, 2.05) is 37.3 Å². The topological polar surface area (TPSA) is 63.2 Å². The molecule has 0 atom stereocenters. The lowest BCUT2D eigenvalue weighted by Crippen LogP contribution is -2.34. The molecule has 26 heavy (non-hydrogen) atoms. The summed E-state index contributed by atoms with van der Waals surface area (Å²) in [5.74, 6) is 0.142. The Morgan fingerprint density at radius 2 is 2.00 bits per heavy atom. The van der Waals surface area contributed by atoms with E-state index in [1.54, 1.807) is 12.1 Å². The van der Waals surface area contributed by atoms with E-state index >= 15 is 0 Å². The number of halogens is 1. The van der Waals surface area contributed by atoms with Crippen molar-refractivity contribution in [3.63, 3.8) is 0 Å². The highest BCUT2D eigenvalue weighted by Crippen LogP contribution is 2.25. The van der Waals surface area contributed by atoms with Crippen LogP contribution in [-0.4, -0.2) is 23.1 Å². The Hall–Kier alpha value is -2.70. The maximum Gasteiger partial charge on any atom is 0.257 e. The van der Waals surface area contributed by atoms with Gasteiger partial charge < -0.3 is 10.1 Å². The predicted molar refractivity (Wildman–Crippen MR) is 108 cm³/mol. The fourth-order valence-corrected chi connectivity index (χ4v) is 2.96. The monoisotopic (exact) mass is 385 g/mol. The van der Waals surface area contributed by atoms with Crippen LogP contribution >= 0.6 is 23.8 Å². The third-order valence-electron chi connectivity index (χ3n) is 3.76. The third kappa shape index (κ3) is 3.92. The van der Waals surface area contributed by atoms with Gasteiger partial charge in [0.15, 0.2) is 5.11 Å². The summed E-state index contributed by atoms with van der Waals surface area (Å²) in [4.78, 5) is 16.8. The van der Waals surface area contributed by atoms with Crippen molar-refractivity contribution in [3.05, 3.63) is 64.8 Å². The molecule has 132 valence electrons. The second kappa shape index (κ2) is 7.68. The molecule has 0 fully saturated rings. The summed E-state index contributed by atoms with van der Waals surface area (Å²) in [5, 5.41) is 7.16. The highest BCUT2D eigenvalue weighted by atomic mass is 35.5. The second-order valence-electron chi connectivity index (χ2n) is 5.58. The Labute approximate surface area is 161 Å². The normalized spacial score (nSPS) is 10.4. The van der Waals surface area contributed by atoms with Gasteiger partial charge in [0.25, 0.3) is 5.91 Å². The first-order valence-corrected chi connectivity index (χ1v) is 8.59. The summed E-state index contributed by atoms with van der Waals surface area (Å²) < 4.78 is 5.08. The van der Waals surface area contributed by atoms with E-state index in [0.717, 1.165) is 22.3 Å². The van der Waals surface area contributed by atoms with E-state index in [1.165, 1.54) is 13.2 Å². The number of ether oxygens (including phenoxy) is 1. The number of hydrogen-bond acceptors (Lipinski definition) is 4. The van der Waals surface area contributed by atoms with E-state index in [0.29, 0.717) is 16.3 Å². The van der Waals surface area contributed by atoms with Crippen LogP contribution in [0.25, 0.3) is 10.9 Å². The lowest BCUT2D eigenvalue weighted by Gasteiger charge is -2.12. The molecule has 5 nitrogen and oxygen atoms in total. The molecule has 1 aromatic heterocycles. The zero-order chi connectivity index (χ0) is 18.7. The van der Waals surface area contributed by atoms with Crippen LogP contribution < -0.4 is 15.4 Å². The molecule has 0 radical (unpaired) electrons. The standard InChI is InChI=1S/C19H16ClN3O2S/c1-11-6-8-13-15(21-11)4-3-5-16(13)22-19(26)23-18(24)12-7-9-17(25-2)14(20)10-12/h3-10H,1-2H3,(H2,22,23,24,26). The summed E-state index contributed by atoms with van der Waals surface area (Å²) in [6.45, 7) is 1.93. The Morgan fingerprint density at radius 1 is 1.19 bits per heavy atom. The van der Waals surface area contributed by atoms with Crippen molar-refractivity contribution >= 4 is 51.4 Å². The van der Waals surface area contributed by atoms with E-state index < -0.39 is 0 Å². The zero-order valence-electron chi connectivity index (χ0n) is 14.2. The minimum absolute atomic E-state index is 0.190. The number of carbonyl (C=O) groups is 1. The average molecular weight is 386 g/mol. The summed E-state index contributed by atoms with van der Waals surface area (Å²) >= 11 is 11.3. The van der Waals surface area contributed by atoms with Gasteiger partial charge >= 0.3 is 0 Å². The molecule has 0 bridgehead atoms. The van der Waals surface area contributed by atoms with Crippen LogP contribution in [0.5, 0.6) is 5.75 Å². The van der Waals surface area contributed by atoms with Gasteiger partial charge in [0, 0.05) is 22.3 Å². The first-order chi connectivity index (χ1) is 12.5. The Balaban J connectivity index is 1.75. The van der Waals surface area contributed by atoms with Crippen LogP contribution in [0.3, 0.4) is 0 Å². The molecule has 3 aromatic rings. The summed E-state index contributed by atoms with van der Waals surface area (Å²) in [5.41, 5.74) is 2.94. The number of methoxy groups -OCH3 is 1. The van der Waals surface area contributed by atoms with Crippen molar-refractivity contribution in [2.24, 2.45) is 0 Å². The molecule has 0 saturated carbocycles. The largest absolute Gasteiger partial charge is 0.495 e. The number of aryl methyl sites for hydroxylation is 1. The molecule has 2 aromatic carbocycles. The van der Waals surface area contributed by atoms with Gasteiger partial charge in [-0.15, -0.1) is 0 Å². The fourth-order valence-electron chi connectivity index (χ4n) is 2.50. The quantitative estimate of drug-likeness (QED) is 0.657. The first-order valence-electron chi connectivity index (χ1n) is 7.80. The molecule has 7 heteroatoms. The fraction of sp³-hybridized carbons (Fsp3) is 0.105. The van der Waals surface area contributed by atoms with E-state index in [-0.39, 0.29) is 11.0 Å². The maximum atomic E-state index is 12.4. The molecule has 1 heterocycles. The lowest BCUT2D eigenvalue weighted by atomic mass is 10.1. The van der Waals surface area contributed by atoms with Gasteiger partial charge in [-0.3, -0.25) is 15.1 Å². The number of amides is 1. The van der Waals surface area contributed by atoms with Gasteiger partial charge in [-0.05, 0) is 61.6 Å². The Kier molecular flexibility index (Phi) is 5.35. The van der Waals surface area contributed by atoms with Crippen molar-refractivity contribution in [3.8, 4) is 5.75 Å². The van der Waals surface area contributed by atoms with Crippen molar-refractivity contribution in [1.29, 1.82) is 0 Å². The summed E-state index contributed by atoms with van der Waals surface area (Å²) in [7, 11) is 1.51. The van der Waals surface area contributed by atoms with Gasteiger partial charge in [-0.2, -0.15) is 0 Å². The number of nitrogens with one attached hydrogen (secondary N) is 2. The molecule has 0 aliphatic carbocycles. The van der Waals surface area contributed by atoms with E-state index in [9.17, 15) is 4.79 Å². The van der Waals surface area contributed by atoms with Gasteiger partial charge in [0.05, 0.1) is 17.6 Å². The minimum atomic E-state index is -0.360. The van der Waals surface area contributed by atoms with Crippen LogP contribution in [-0.2, 0) is 0 Å². The SMILES string of the molecule is COc1ccc(C(=O)NC(=S)Nc2cccc3nc(C)ccc23)cc1Cl. The van der Waals surface area contributed by atoms with Crippen LogP contribution in [0.4, 0.5) is 5.69 Å². The van der Waals surface area contributed by atoms with Gasteiger partial charge in [-0.25, -0.2) is 0 Å². The van der Waals surface area contributed by atoms with Crippen molar-refractivity contribution in [2.75, 3.05) is 12.4 Å². The van der Waals surface area contributed by atoms with E-state index in [4.69, 9.17) is 28.6 Å². The number of pyridine rings is 1. The lowest BCUT2D eigenvalue weighted by molar-refractivity contribution is 0.0977. The van der Waals surface area contributed by atoms with Crippen LogP contribution in [0.15, 0.2) is 48.5 Å². The van der Waals surface area contributed by atoms with Gasteiger partial charge in [0.1, 0.15) is 5.75 Å². The van der Waals surface area contributed by atoms with E-state index in [2.05, 4.69) is 15.6 Å². The number of anilines is 1. The number of thiocarbonyl (C=S) groups is 1. The molecule has 1 amide bonds. The van der Waals surface area contributed by atoms with Crippen LogP contribution in [0.2, 0.25) is 5.02 Å². The third-order valence-corrected chi connectivity index (χ3v) is 4.26. The van der Waals surface area contributed by atoms with Crippen molar-refractivity contribution < 1.29 is 9.53 Å². The highest BCUT2D eigenvalue weighted by molar-refractivity contribution is 7.80. The number of benzene rings is 2. The summed E-state index contributed by atoms with van der Waals surface area (Å²) in [6, 6.07) is 14.4. The molecule has 0 aliphatic heterocycles. The summed E-state index contributed by atoms with van der Waals surface area (Å²) in [6.07, 6.45) is 0. The number of carbonyl (C=O) groups excluding carboxylic acids is 1. The average Bonchev–Trinajstić information content (AvgIpc) is 2.61. The molecular weight excluding hydrogens is 370 g/mol. The van der Waals surface area contributed by atoms with Crippen molar-refractivity contribution in [1.82, 2.24) is 10.3 Å². The number of rotatable bonds is 3. The zero-order valence-corrected chi connectivity index (χ0v) is 15.7. The molecule has 0 saturated heterocycles. The molecular formula is C19H16ClN3O2S. The van der Waals surface area contributed by atoms with Crippen LogP contribution in [0, 0.1) is 6.92 Å². The Bertz CT molecular complexity index is 1010. The molecule has 0 unspecified atom stereocenters. The van der Waals surface area contributed by atoms with Gasteiger partial charge in [-0.1, -0.05) is 17.7 Å². The number of hydrogen-bond donors (Lipinski definition) is 2. The number of nitrogens with zero attached hydrogens (tertiary/aromatic N) is 1. The molecule has 0 aliphatic rings. The molecule has 0 spiro atoms. The predicted octanol–water partition coefficient (Wildman–Crippen LogP) is 4.33. The minimum Gasteiger partial charge on any atom is -0.495 e. The first kappa shape index (κ1) is 18.1. The van der Waals surface area contributed by atoms with Crippen LogP contribution in [0.1, 0.15) is 16.1 Å². The second-order valence-corrected chi connectivity index (χ2v) is 6.40. The highest BCUT2D eigenvalue weighted by Gasteiger charge is 2.11. The van der Waals surface area contributed by atoms with Gasteiger partial charge in [0.2, 0.25) is 0 Å². The maximum absolute atomic E-state index is 12.4.